The zero-order valence-corrected chi connectivity index (χ0v) is 15.5. The van der Waals surface area contributed by atoms with Crippen molar-refractivity contribution in [2.45, 2.75) is 6.18 Å². The minimum atomic E-state index is -4.63. The average Bonchev–Trinajstić information content (AvgIpc) is 2.73. The molecule has 3 aromatic rings. The van der Waals surface area contributed by atoms with Crippen LogP contribution in [0.5, 0.6) is 11.5 Å². The molecule has 0 fully saturated rings. The van der Waals surface area contributed by atoms with Gasteiger partial charge in [-0.15, -0.1) is 0 Å². The Morgan fingerprint density at radius 1 is 0.833 bits per heavy atom. The van der Waals surface area contributed by atoms with E-state index in [0.29, 0.717) is 5.75 Å². The Balaban J connectivity index is 1.65. The molecule has 8 heteroatoms. The minimum Gasteiger partial charge on any atom is -0.456 e. The Morgan fingerprint density at radius 3 is 2.20 bits per heavy atom. The minimum absolute atomic E-state index is 0.0739. The lowest BCUT2D eigenvalue weighted by Crippen LogP contribution is -2.22. The Kier molecular flexibility index (Phi) is 6.36. The zero-order valence-electron chi connectivity index (χ0n) is 15.5. The van der Waals surface area contributed by atoms with Gasteiger partial charge in [0.05, 0.1) is 11.3 Å². The van der Waals surface area contributed by atoms with E-state index in [0.717, 1.165) is 12.1 Å². The highest BCUT2D eigenvalue weighted by Crippen LogP contribution is 2.34. The molecule has 0 bridgehead atoms. The third-order valence-electron chi connectivity index (χ3n) is 3.92. The summed E-state index contributed by atoms with van der Waals surface area (Å²) in [5.74, 6) is -1.03. The smallest absolute Gasteiger partial charge is 0.418 e. The number of ether oxygens (including phenoxy) is 2. The van der Waals surface area contributed by atoms with Crippen molar-refractivity contribution < 1.29 is 32.2 Å². The SMILES string of the molecule is O=C(COC(=O)c1ccccc1Oc1ccccc1)Nc1ccccc1C(F)(F)F. The van der Waals surface area contributed by atoms with Crippen molar-refractivity contribution in [2.75, 3.05) is 11.9 Å². The fourth-order valence-corrected chi connectivity index (χ4v) is 2.57. The third kappa shape index (κ3) is 5.38. The first-order valence-electron chi connectivity index (χ1n) is 8.80. The normalized spacial score (nSPS) is 10.9. The highest BCUT2D eigenvalue weighted by atomic mass is 19.4. The summed E-state index contributed by atoms with van der Waals surface area (Å²) in [5, 5.41) is 2.11. The van der Waals surface area contributed by atoms with E-state index >= 15 is 0 Å². The van der Waals surface area contributed by atoms with E-state index in [1.807, 2.05) is 6.07 Å². The number of alkyl halides is 3. The van der Waals surface area contributed by atoms with Crippen molar-refractivity contribution in [3.05, 3.63) is 90.0 Å². The van der Waals surface area contributed by atoms with E-state index < -0.39 is 35.9 Å². The molecule has 0 saturated heterocycles. The number of carbonyl (C=O) groups excluding carboxylic acids is 2. The van der Waals surface area contributed by atoms with Gasteiger partial charge in [-0.2, -0.15) is 13.2 Å². The predicted octanol–water partition coefficient (Wildman–Crippen LogP) is 5.29. The number of anilines is 1. The number of esters is 1. The van der Waals surface area contributed by atoms with E-state index in [9.17, 15) is 22.8 Å². The molecule has 30 heavy (non-hydrogen) atoms. The number of nitrogens with one attached hydrogen (secondary N) is 1. The highest BCUT2D eigenvalue weighted by Gasteiger charge is 2.33. The maximum atomic E-state index is 13.0. The van der Waals surface area contributed by atoms with Crippen molar-refractivity contribution in [1.82, 2.24) is 0 Å². The van der Waals surface area contributed by atoms with Crippen LogP contribution in [-0.4, -0.2) is 18.5 Å². The fourth-order valence-electron chi connectivity index (χ4n) is 2.57. The summed E-state index contributed by atoms with van der Waals surface area (Å²) in [6.45, 7) is -0.759. The molecule has 0 heterocycles. The van der Waals surface area contributed by atoms with Gasteiger partial charge in [0, 0.05) is 0 Å². The summed E-state index contributed by atoms with van der Waals surface area (Å²) in [7, 11) is 0. The van der Waals surface area contributed by atoms with Crippen LogP contribution in [0.1, 0.15) is 15.9 Å². The quantitative estimate of drug-likeness (QED) is 0.556. The summed E-state index contributed by atoms with van der Waals surface area (Å²) >= 11 is 0. The van der Waals surface area contributed by atoms with E-state index in [-0.39, 0.29) is 11.3 Å². The molecule has 0 saturated carbocycles. The van der Waals surface area contributed by atoms with Crippen LogP contribution in [0.4, 0.5) is 18.9 Å². The van der Waals surface area contributed by atoms with Crippen molar-refractivity contribution in [3.63, 3.8) is 0 Å². The molecule has 0 unspecified atom stereocenters. The number of amides is 1. The second-order valence-electron chi connectivity index (χ2n) is 6.08. The van der Waals surface area contributed by atoms with Crippen molar-refractivity contribution >= 4 is 17.6 Å². The standard InChI is InChI=1S/C22H16F3NO4/c23-22(24,25)17-11-5-6-12-18(17)26-20(27)14-29-21(28)16-10-4-7-13-19(16)30-15-8-2-1-3-9-15/h1-13H,14H2,(H,26,27). The van der Waals surface area contributed by atoms with Crippen LogP contribution in [0.2, 0.25) is 0 Å². The Hall–Kier alpha value is -3.81. The van der Waals surface area contributed by atoms with Gasteiger partial charge in [-0.25, -0.2) is 4.79 Å². The molecule has 3 rings (SSSR count). The molecule has 0 aromatic heterocycles. The van der Waals surface area contributed by atoms with Crippen LogP contribution >= 0.6 is 0 Å². The highest BCUT2D eigenvalue weighted by molar-refractivity contribution is 5.97. The van der Waals surface area contributed by atoms with Gasteiger partial charge in [-0.3, -0.25) is 4.79 Å². The van der Waals surface area contributed by atoms with Gasteiger partial charge in [-0.05, 0) is 36.4 Å². The summed E-state index contributed by atoms with van der Waals surface area (Å²) in [5.41, 5.74) is -1.34. The predicted molar refractivity (Wildman–Crippen MR) is 103 cm³/mol. The molecule has 154 valence electrons. The lowest BCUT2D eigenvalue weighted by Gasteiger charge is -2.14. The number of hydrogen-bond acceptors (Lipinski definition) is 4. The topological polar surface area (TPSA) is 64.6 Å². The molecule has 0 spiro atoms. The lowest BCUT2D eigenvalue weighted by atomic mass is 10.1. The number of para-hydroxylation sites is 3. The number of hydrogen-bond donors (Lipinski definition) is 1. The molecule has 0 aliphatic rings. The Bertz CT molecular complexity index is 1040. The second-order valence-corrected chi connectivity index (χ2v) is 6.08. The van der Waals surface area contributed by atoms with E-state index in [2.05, 4.69) is 5.32 Å². The Labute approximate surface area is 170 Å². The number of carbonyl (C=O) groups is 2. The summed E-state index contributed by atoms with van der Waals surface area (Å²) in [6, 6.07) is 19.5. The van der Waals surface area contributed by atoms with Crippen LogP contribution in [0, 0.1) is 0 Å². The molecule has 3 aromatic carbocycles. The largest absolute Gasteiger partial charge is 0.456 e. The van der Waals surface area contributed by atoms with Gasteiger partial charge < -0.3 is 14.8 Å². The summed E-state index contributed by atoms with van der Waals surface area (Å²) in [6.07, 6.45) is -4.63. The van der Waals surface area contributed by atoms with Crippen LogP contribution in [0.3, 0.4) is 0 Å². The van der Waals surface area contributed by atoms with Gasteiger partial charge in [0.25, 0.3) is 5.91 Å². The fraction of sp³-hybridized carbons (Fsp3) is 0.0909. The van der Waals surface area contributed by atoms with Crippen LogP contribution in [0.25, 0.3) is 0 Å². The molecule has 0 aliphatic carbocycles. The average molecular weight is 415 g/mol. The monoisotopic (exact) mass is 415 g/mol. The molecule has 0 radical (unpaired) electrons. The van der Waals surface area contributed by atoms with Crippen LogP contribution in [-0.2, 0) is 15.7 Å². The van der Waals surface area contributed by atoms with Gasteiger partial charge in [-0.1, -0.05) is 42.5 Å². The molecule has 5 nitrogen and oxygen atoms in total. The van der Waals surface area contributed by atoms with Crippen molar-refractivity contribution in [2.24, 2.45) is 0 Å². The number of benzene rings is 3. The van der Waals surface area contributed by atoms with E-state index in [1.165, 1.54) is 18.2 Å². The molecule has 1 N–H and O–H groups in total. The Morgan fingerprint density at radius 2 is 1.47 bits per heavy atom. The molecule has 0 atom stereocenters. The van der Waals surface area contributed by atoms with Gasteiger partial charge >= 0.3 is 12.1 Å². The lowest BCUT2D eigenvalue weighted by molar-refractivity contribution is -0.137. The summed E-state index contributed by atoms with van der Waals surface area (Å²) in [4.78, 5) is 24.4. The molecular formula is C22H16F3NO4. The molecule has 1 amide bonds. The van der Waals surface area contributed by atoms with E-state index in [1.54, 1.807) is 42.5 Å². The van der Waals surface area contributed by atoms with Crippen molar-refractivity contribution in [1.29, 1.82) is 0 Å². The first-order valence-corrected chi connectivity index (χ1v) is 8.80. The first-order chi connectivity index (χ1) is 14.3. The van der Waals surface area contributed by atoms with Crippen molar-refractivity contribution in [3.8, 4) is 11.5 Å². The second kappa shape index (κ2) is 9.13. The molecule has 0 aliphatic heterocycles. The van der Waals surface area contributed by atoms with Crippen LogP contribution in [0.15, 0.2) is 78.9 Å². The number of halogens is 3. The van der Waals surface area contributed by atoms with Gasteiger partial charge in [0.15, 0.2) is 6.61 Å². The zero-order chi connectivity index (χ0) is 21.6. The maximum absolute atomic E-state index is 13.0. The van der Waals surface area contributed by atoms with Crippen LogP contribution < -0.4 is 10.1 Å². The van der Waals surface area contributed by atoms with Gasteiger partial charge in [0.1, 0.15) is 17.1 Å². The number of rotatable bonds is 6. The van der Waals surface area contributed by atoms with E-state index in [4.69, 9.17) is 9.47 Å². The summed E-state index contributed by atoms with van der Waals surface area (Å²) < 4.78 is 49.6. The van der Waals surface area contributed by atoms with Gasteiger partial charge in [0.2, 0.25) is 0 Å². The first kappa shape index (κ1) is 20.9. The maximum Gasteiger partial charge on any atom is 0.418 e. The third-order valence-corrected chi connectivity index (χ3v) is 3.92. The molecular weight excluding hydrogens is 399 g/mol.